The molecule has 1 aliphatic heterocycles. The number of nitrogens with zero attached hydrogens (tertiary/aromatic N) is 3. The van der Waals surface area contributed by atoms with E-state index in [1.807, 2.05) is 0 Å². The Hall–Kier alpha value is -2.98. The molecule has 6 nitrogen and oxygen atoms in total. The molecule has 2 N–H and O–H groups in total. The van der Waals surface area contributed by atoms with Gasteiger partial charge in [-0.3, -0.25) is 4.98 Å². The summed E-state index contributed by atoms with van der Waals surface area (Å²) >= 11 is 0. The van der Waals surface area contributed by atoms with Gasteiger partial charge in [0, 0.05) is 23.5 Å². The zero-order valence-corrected chi connectivity index (χ0v) is 13.8. The molecule has 25 heavy (non-hydrogen) atoms. The second-order valence-electron chi connectivity index (χ2n) is 6.26. The normalized spacial score (nSPS) is 21.6. The molecule has 2 heterocycles. The Morgan fingerprint density at radius 3 is 2.92 bits per heavy atom. The number of hydrogen-bond acceptors (Lipinski definition) is 5. The summed E-state index contributed by atoms with van der Waals surface area (Å²) in [7, 11) is 0. The molecular weight excluding hydrogens is 323 g/mol. The fourth-order valence-corrected chi connectivity index (χ4v) is 2.81. The van der Waals surface area contributed by atoms with Gasteiger partial charge >= 0.3 is 0 Å². The summed E-state index contributed by atoms with van der Waals surface area (Å²) < 4.78 is 19.5. The van der Waals surface area contributed by atoms with Crippen molar-refractivity contribution in [2.24, 2.45) is 4.99 Å². The number of hydrogen-bond donors (Lipinski definition) is 2. The summed E-state index contributed by atoms with van der Waals surface area (Å²) in [5, 5.41) is 22.8. The van der Waals surface area contributed by atoms with Gasteiger partial charge in [0.25, 0.3) is 0 Å². The second-order valence-corrected chi connectivity index (χ2v) is 6.26. The van der Waals surface area contributed by atoms with Crippen LogP contribution in [0.1, 0.15) is 31.0 Å². The third-order valence-corrected chi connectivity index (χ3v) is 4.10. The molecule has 0 radical (unpaired) electrons. The van der Waals surface area contributed by atoms with E-state index in [4.69, 9.17) is 10.00 Å². The lowest BCUT2D eigenvalue weighted by atomic mass is 9.86. The number of aliphatic imine (C=N–C) groups is 1. The van der Waals surface area contributed by atoms with Crippen LogP contribution in [-0.4, -0.2) is 27.6 Å². The van der Waals surface area contributed by atoms with Crippen molar-refractivity contribution in [3.8, 4) is 11.9 Å². The minimum absolute atomic E-state index is 0.243. The van der Waals surface area contributed by atoms with Gasteiger partial charge in [0.15, 0.2) is 0 Å². The number of nitrogens with one attached hydrogen (secondary N) is 1. The van der Waals surface area contributed by atoms with Crippen LogP contribution in [0, 0.1) is 17.3 Å². The van der Waals surface area contributed by atoms with Crippen LogP contribution in [0.3, 0.4) is 0 Å². The molecule has 1 aliphatic rings. The molecule has 1 aromatic carbocycles. The predicted molar refractivity (Wildman–Crippen MR) is 89.4 cm³/mol. The zero-order chi connectivity index (χ0) is 18.0. The first kappa shape index (κ1) is 16.9. The number of pyridine rings is 1. The molecule has 0 amide bonds. The summed E-state index contributed by atoms with van der Waals surface area (Å²) in [5.74, 6) is 0.269. The van der Waals surface area contributed by atoms with Gasteiger partial charge in [-0.1, -0.05) is 0 Å². The minimum atomic E-state index is -0.998. The van der Waals surface area contributed by atoms with Crippen LogP contribution in [0.2, 0.25) is 0 Å². The van der Waals surface area contributed by atoms with Crippen molar-refractivity contribution in [1.82, 2.24) is 10.3 Å². The minimum Gasteiger partial charge on any atom is -0.485 e. The Balaban J connectivity index is 2.04. The largest absolute Gasteiger partial charge is 0.485 e. The molecule has 0 aliphatic carbocycles. The fraction of sp³-hybridized carbons (Fsp3) is 0.278. The van der Waals surface area contributed by atoms with Gasteiger partial charge in [-0.25, -0.2) is 4.39 Å². The van der Waals surface area contributed by atoms with Gasteiger partial charge in [-0.05, 0) is 44.2 Å². The zero-order valence-electron chi connectivity index (χ0n) is 13.8. The third-order valence-electron chi connectivity index (χ3n) is 4.10. The summed E-state index contributed by atoms with van der Waals surface area (Å²) in [5.41, 5.74) is 0.134. The molecule has 0 saturated heterocycles. The molecule has 2 aromatic rings. The molecule has 0 saturated carbocycles. The van der Waals surface area contributed by atoms with Crippen molar-refractivity contribution in [3.05, 3.63) is 59.7 Å². The van der Waals surface area contributed by atoms with Gasteiger partial charge in [0.05, 0.1) is 6.04 Å². The summed E-state index contributed by atoms with van der Waals surface area (Å²) in [4.78, 5) is 7.80. The first-order chi connectivity index (χ1) is 11.9. The lowest BCUT2D eigenvalue weighted by Crippen LogP contribution is -2.53. The van der Waals surface area contributed by atoms with Gasteiger partial charge in [-0.15, -0.1) is 0 Å². The highest BCUT2D eigenvalue weighted by molar-refractivity contribution is 5.99. The highest BCUT2D eigenvalue weighted by Gasteiger charge is 2.43. The van der Waals surface area contributed by atoms with Crippen molar-refractivity contribution in [2.75, 3.05) is 0 Å². The van der Waals surface area contributed by atoms with Crippen molar-refractivity contribution < 1.29 is 14.2 Å². The Labute approximate surface area is 144 Å². The van der Waals surface area contributed by atoms with Gasteiger partial charge < -0.3 is 15.2 Å². The number of benzene rings is 1. The number of ether oxygens (including phenoxy) is 1. The van der Waals surface area contributed by atoms with Gasteiger partial charge in [0.1, 0.15) is 29.1 Å². The highest BCUT2D eigenvalue weighted by atomic mass is 19.1. The van der Waals surface area contributed by atoms with Crippen LogP contribution < -0.4 is 10.1 Å². The Bertz CT molecular complexity index is 846. The average molecular weight is 340 g/mol. The highest BCUT2D eigenvalue weighted by Crippen LogP contribution is 2.40. The first-order valence-electron chi connectivity index (χ1n) is 7.72. The molecule has 7 heteroatoms. The summed E-state index contributed by atoms with van der Waals surface area (Å²) in [6.45, 7) is 3.48. The number of aliphatic hydroxyl groups is 1. The van der Waals surface area contributed by atoms with Crippen LogP contribution in [-0.2, 0) is 0 Å². The summed E-state index contributed by atoms with van der Waals surface area (Å²) in [6, 6.07) is 6.87. The molecule has 0 fully saturated rings. The molecule has 3 rings (SSSR count). The smallest absolute Gasteiger partial charge is 0.207 e. The average Bonchev–Trinajstić information content (AvgIpc) is 2.59. The number of halogens is 1. The standard InChI is InChI=1S/C18H17FN4O2/c1-18(2)16(24)15(13-8-12(19)5-6-14(13)25-18)23-17(22-10-20)11-4-3-7-21-9-11/h3-9,15-16,24H,1-2H3,(H,22,23)/t15-,16+/m0/s1. The molecule has 128 valence electrons. The van der Waals surface area contributed by atoms with E-state index in [2.05, 4.69) is 15.3 Å². The van der Waals surface area contributed by atoms with Gasteiger partial charge in [-0.2, -0.15) is 10.3 Å². The van der Waals surface area contributed by atoms with E-state index < -0.39 is 23.6 Å². The van der Waals surface area contributed by atoms with Crippen molar-refractivity contribution in [2.45, 2.75) is 31.6 Å². The maximum absolute atomic E-state index is 13.7. The number of fused-ring (bicyclic) bond motifs is 1. The van der Waals surface area contributed by atoms with E-state index in [0.717, 1.165) is 0 Å². The Kier molecular flexibility index (Phi) is 4.38. The molecule has 1 aromatic heterocycles. The SMILES string of the molecule is CC1(C)Oc2ccc(F)cc2[C@H](N/C(=N\C#N)c2cccnc2)[C@H]1O. The van der Waals surface area contributed by atoms with E-state index in [9.17, 15) is 9.50 Å². The monoisotopic (exact) mass is 340 g/mol. The third kappa shape index (κ3) is 3.30. The van der Waals surface area contributed by atoms with Crippen molar-refractivity contribution in [1.29, 1.82) is 5.26 Å². The molecule has 2 atom stereocenters. The van der Waals surface area contributed by atoms with Crippen LogP contribution >= 0.6 is 0 Å². The lowest BCUT2D eigenvalue weighted by Gasteiger charge is -2.42. The quantitative estimate of drug-likeness (QED) is 0.497. The van der Waals surface area contributed by atoms with Crippen molar-refractivity contribution in [3.63, 3.8) is 0 Å². The second kappa shape index (κ2) is 6.49. The Morgan fingerprint density at radius 2 is 2.24 bits per heavy atom. The van der Waals surface area contributed by atoms with E-state index in [-0.39, 0.29) is 5.84 Å². The van der Waals surface area contributed by atoms with E-state index in [0.29, 0.717) is 16.9 Å². The van der Waals surface area contributed by atoms with Crippen LogP contribution in [0.4, 0.5) is 4.39 Å². The van der Waals surface area contributed by atoms with Crippen LogP contribution in [0.5, 0.6) is 5.75 Å². The first-order valence-corrected chi connectivity index (χ1v) is 7.72. The molecule has 0 bridgehead atoms. The number of aromatic nitrogens is 1. The van der Waals surface area contributed by atoms with Crippen LogP contribution in [0.25, 0.3) is 0 Å². The molecular formula is C18H17FN4O2. The van der Waals surface area contributed by atoms with E-state index in [1.54, 1.807) is 44.6 Å². The topological polar surface area (TPSA) is 90.5 Å². The lowest BCUT2D eigenvalue weighted by molar-refractivity contribution is -0.0611. The summed E-state index contributed by atoms with van der Waals surface area (Å²) in [6.07, 6.45) is 3.89. The van der Waals surface area contributed by atoms with E-state index in [1.165, 1.54) is 18.2 Å². The van der Waals surface area contributed by atoms with Gasteiger partial charge in [0.2, 0.25) is 6.19 Å². The number of nitriles is 1. The maximum atomic E-state index is 13.7. The number of aliphatic hydroxyl groups excluding tert-OH is 1. The van der Waals surface area contributed by atoms with E-state index >= 15 is 0 Å². The molecule has 0 unspecified atom stereocenters. The predicted octanol–water partition coefficient (Wildman–Crippen LogP) is 2.31. The maximum Gasteiger partial charge on any atom is 0.207 e. The fourth-order valence-electron chi connectivity index (χ4n) is 2.81. The number of rotatable bonds is 2. The van der Waals surface area contributed by atoms with Crippen molar-refractivity contribution >= 4 is 5.84 Å². The Morgan fingerprint density at radius 1 is 1.44 bits per heavy atom. The molecule has 0 spiro atoms. The van der Waals surface area contributed by atoms with Crippen LogP contribution in [0.15, 0.2) is 47.7 Å². The number of amidine groups is 1.